The van der Waals surface area contributed by atoms with E-state index in [1.807, 2.05) is 43.0 Å². The molecule has 0 unspecified atom stereocenters. The number of nitrogens with zero attached hydrogens (tertiary/aromatic N) is 3. The fourth-order valence-electron chi connectivity index (χ4n) is 4.38. The van der Waals surface area contributed by atoms with Crippen molar-refractivity contribution < 1.29 is 19.0 Å². The van der Waals surface area contributed by atoms with Crippen LogP contribution in [0.2, 0.25) is 0 Å². The zero-order valence-electron chi connectivity index (χ0n) is 21.5. The Morgan fingerprint density at radius 3 is 2.41 bits per heavy atom. The summed E-state index contributed by atoms with van der Waals surface area (Å²) in [6, 6.07) is 8.08. The van der Waals surface area contributed by atoms with E-state index in [4.69, 9.17) is 25.7 Å². The fourth-order valence-corrected chi connectivity index (χ4v) is 5.38. The normalized spacial score (nSPS) is 13.5. The van der Waals surface area contributed by atoms with E-state index in [1.165, 1.54) is 6.42 Å². The van der Waals surface area contributed by atoms with Crippen LogP contribution in [0.4, 0.5) is 11.8 Å². The van der Waals surface area contributed by atoms with Gasteiger partial charge in [-0.3, -0.25) is 4.79 Å². The van der Waals surface area contributed by atoms with E-state index in [-0.39, 0.29) is 18.5 Å². The van der Waals surface area contributed by atoms with Gasteiger partial charge >= 0.3 is 0 Å². The standard InChI is InChI=1S/C27H35N5O4S/c1-3-35-21-13-18(12-19-15-30-27(29)31-26(19)28)14-22(36-4-2)25(21)23-9-8-20(37-23)16-34-17-24(33)32-10-6-5-7-11-32/h8-9,13-15H,3-7,10-12,16-17H2,1-2H3,(H4,28,29,30,31). The molecule has 1 saturated heterocycles. The highest BCUT2D eigenvalue weighted by Crippen LogP contribution is 2.43. The van der Waals surface area contributed by atoms with Gasteiger partial charge in [0.05, 0.1) is 25.4 Å². The van der Waals surface area contributed by atoms with Crippen LogP contribution in [0.1, 0.15) is 49.1 Å². The molecule has 0 radical (unpaired) electrons. The third-order valence-electron chi connectivity index (χ3n) is 6.12. The van der Waals surface area contributed by atoms with E-state index in [0.717, 1.165) is 63.9 Å². The Kier molecular flexibility index (Phi) is 9.19. The summed E-state index contributed by atoms with van der Waals surface area (Å²) in [5, 5.41) is 0. The second kappa shape index (κ2) is 12.7. The van der Waals surface area contributed by atoms with Crippen molar-refractivity contribution in [3.8, 4) is 21.9 Å². The molecule has 2 aromatic heterocycles. The summed E-state index contributed by atoms with van der Waals surface area (Å²) in [5.41, 5.74) is 14.3. The Balaban J connectivity index is 1.52. The molecule has 0 aliphatic carbocycles. The number of carbonyl (C=O) groups excluding carboxylic acids is 1. The van der Waals surface area contributed by atoms with Gasteiger partial charge in [0.25, 0.3) is 0 Å². The van der Waals surface area contributed by atoms with Crippen molar-refractivity contribution in [2.75, 3.05) is 44.4 Å². The van der Waals surface area contributed by atoms with Crippen molar-refractivity contribution in [1.82, 2.24) is 14.9 Å². The van der Waals surface area contributed by atoms with Gasteiger partial charge in [0.2, 0.25) is 11.9 Å². The predicted octanol–water partition coefficient (Wildman–Crippen LogP) is 4.29. The molecule has 1 aromatic carbocycles. The molecule has 1 aliphatic heterocycles. The molecule has 10 heteroatoms. The molecule has 1 fully saturated rings. The lowest BCUT2D eigenvalue weighted by atomic mass is 10.0. The number of anilines is 2. The minimum absolute atomic E-state index is 0.0662. The maximum Gasteiger partial charge on any atom is 0.248 e. The first-order valence-corrected chi connectivity index (χ1v) is 13.5. The third-order valence-corrected chi connectivity index (χ3v) is 7.20. The lowest BCUT2D eigenvalue weighted by molar-refractivity contribution is -0.137. The van der Waals surface area contributed by atoms with Crippen molar-refractivity contribution in [1.29, 1.82) is 0 Å². The van der Waals surface area contributed by atoms with Gasteiger partial charge in [-0.2, -0.15) is 4.98 Å². The lowest BCUT2D eigenvalue weighted by Gasteiger charge is -2.26. The van der Waals surface area contributed by atoms with Crippen LogP contribution in [-0.2, 0) is 22.6 Å². The number of likely N-dealkylation sites (tertiary alicyclic amines) is 1. The molecule has 1 amide bonds. The van der Waals surface area contributed by atoms with Crippen LogP contribution < -0.4 is 20.9 Å². The number of ether oxygens (including phenoxy) is 3. The van der Waals surface area contributed by atoms with Crippen LogP contribution in [0.25, 0.3) is 10.4 Å². The highest BCUT2D eigenvalue weighted by molar-refractivity contribution is 7.15. The second-order valence-electron chi connectivity index (χ2n) is 8.85. The van der Waals surface area contributed by atoms with Gasteiger partial charge in [0.15, 0.2) is 0 Å². The molecule has 3 heterocycles. The molecular formula is C27H35N5O4S. The molecule has 198 valence electrons. The van der Waals surface area contributed by atoms with Crippen LogP contribution in [0, 0.1) is 0 Å². The van der Waals surface area contributed by atoms with Gasteiger partial charge in [0.1, 0.15) is 23.9 Å². The lowest BCUT2D eigenvalue weighted by Crippen LogP contribution is -2.37. The Bertz CT molecular complexity index is 1180. The minimum Gasteiger partial charge on any atom is -0.493 e. The average Bonchev–Trinajstić information content (AvgIpc) is 3.35. The maximum absolute atomic E-state index is 12.4. The zero-order chi connectivity index (χ0) is 26.2. The molecule has 4 rings (SSSR count). The summed E-state index contributed by atoms with van der Waals surface area (Å²) in [7, 11) is 0. The first-order chi connectivity index (χ1) is 18.0. The molecule has 0 atom stereocenters. The van der Waals surface area contributed by atoms with E-state index in [1.54, 1.807) is 17.5 Å². The summed E-state index contributed by atoms with van der Waals surface area (Å²) in [6.07, 6.45) is 5.50. The van der Waals surface area contributed by atoms with E-state index in [2.05, 4.69) is 9.97 Å². The third kappa shape index (κ3) is 6.90. The van der Waals surface area contributed by atoms with Crippen molar-refractivity contribution >= 4 is 29.0 Å². The van der Waals surface area contributed by atoms with Gasteiger partial charge in [0, 0.05) is 41.0 Å². The summed E-state index contributed by atoms with van der Waals surface area (Å²) in [4.78, 5) is 24.5. The highest BCUT2D eigenvalue weighted by atomic mass is 32.1. The molecule has 0 saturated carbocycles. The number of nitrogen functional groups attached to an aromatic ring is 2. The Morgan fingerprint density at radius 1 is 1.05 bits per heavy atom. The van der Waals surface area contributed by atoms with Gasteiger partial charge in [-0.25, -0.2) is 4.98 Å². The van der Waals surface area contributed by atoms with Crippen LogP contribution in [-0.4, -0.2) is 53.7 Å². The number of hydrogen-bond donors (Lipinski definition) is 2. The second-order valence-corrected chi connectivity index (χ2v) is 10.0. The predicted molar refractivity (Wildman–Crippen MR) is 146 cm³/mol. The molecular weight excluding hydrogens is 490 g/mol. The summed E-state index contributed by atoms with van der Waals surface area (Å²) >= 11 is 1.60. The quantitative estimate of drug-likeness (QED) is 0.380. The van der Waals surface area contributed by atoms with Crippen molar-refractivity contribution in [2.24, 2.45) is 0 Å². The fraction of sp³-hybridized carbons (Fsp3) is 0.444. The summed E-state index contributed by atoms with van der Waals surface area (Å²) in [6.45, 7) is 7.08. The number of carbonyl (C=O) groups is 1. The van der Waals surface area contributed by atoms with Crippen LogP contribution in [0.15, 0.2) is 30.5 Å². The van der Waals surface area contributed by atoms with Crippen molar-refractivity contribution in [3.63, 3.8) is 0 Å². The number of benzene rings is 1. The number of nitrogens with two attached hydrogens (primary N) is 2. The smallest absolute Gasteiger partial charge is 0.248 e. The number of amides is 1. The van der Waals surface area contributed by atoms with E-state index < -0.39 is 0 Å². The number of piperidine rings is 1. The number of thiophene rings is 1. The molecule has 1 aliphatic rings. The molecule has 0 bridgehead atoms. The Morgan fingerprint density at radius 2 is 1.76 bits per heavy atom. The number of aromatic nitrogens is 2. The molecule has 3 aromatic rings. The highest BCUT2D eigenvalue weighted by Gasteiger charge is 2.20. The van der Waals surface area contributed by atoms with E-state index >= 15 is 0 Å². The molecule has 0 spiro atoms. The maximum atomic E-state index is 12.4. The zero-order valence-corrected chi connectivity index (χ0v) is 22.3. The molecule has 37 heavy (non-hydrogen) atoms. The van der Waals surface area contributed by atoms with Crippen LogP contribution in [0.3, 0.4) is 0 Å². The minimum atomic E-state index is 0.0662. The average molecular weight is 526 g/mol. The molecule has 4 N–H and O–H groups in total. The summed E-state index contributed by atoms with van der Waals surface area (Å²) < 4.78 is 17.9. The number of hydrogen-bond acceptors (Lipinski definition) is 9. The topological polar surface area (TPSA) is 126 Å². The Labute approximate surface area is 221 Å². The monoisotopic (exact) mass is 525 g/mol. The van der Waals surface area contributed by atoms with Gasteiger partial charge in [-0.05, 0) is 62.9 Å². The molecule has 9 nitrogen and oxygen atoms in total. The van der Waals surface area contributed by atoms with Crippen LogP contribution >= 0.6 is 11.3 Å². The first kappa shape index (κ1) is 26.7. The van der Waals surface area contributed by atoms with Gasteiger partial charge in [-0.15, -0.1) is 11.3 Å². The van der Waals surface area contributed by atoms with Gasteiger partial charge in [-0.1, -0.05) is 0 Å². The van der Waals surface area contributed by atoms with Crippen LogP contribution in [0.5, 0.6) is 11.5 Å². The SMILES string of the molecule is CCOc1cc(Cc2cnc(N)nc2N)cc(OCC)c1-c1ccc(COCC(=O)N2CCCCC2)s1. The van der Waals surface area contributed by atoms with E-state index in [0.29, 0.717) is 32.1 Å². The summed E-state index contributed by atoms with van der Waals surface area (Å²) in [5.74, 6) is 2.03. The van der Waals surface area contributed by atoms with E-state index in [9.17, 15) is 4.79 Å². The van der Waals surface area contributed by atoms with Crippen molar-refractivity contribution in [3.05, 3.63) is 46.5 Å². The Hall–Kier alpha value is -3.37. The van der Waals surface area contributed by atoms with Crippen molar-refractivity contribution in [2.45, 2.75) is 46.1 Å². The first-order valence-electron chi connectivity index (χ1n) is 12.7. The largest absolute Gasteiger partial charge is 0.493 e. The van der Waals surface area contributed by atoms with Gasteiger partial charge < -0.3 is 30.6 Å². The number of rotatable bonds is 11.